The third kappa shape index (κ3) is 5.63. The first-order chi connectivity index (χ1) is 15.9. The Balaban J connectivity index is 1.92. The van der Waals surface area contributed by atoms with Gasteiger partial charge in [0, 0.05) is 5.56 Å². The van der Waals surface area contributed by atoms with Gasteiger partial charge in [-0.2, -0.15) is 8.42 Å². The van der Waals surface area contributed by atoms with E-state index in [0.29, 0.717) is 11.1 Å². The number of hydrazine groups is 1. The van der Waals surface area contributed by atoms with E-state index in [4.69, 9.17) is 0 Å². The summed E-state index contributed by atoms with van der Waals surface area (Å²) in [6, 6.07) is 18.3. The second kappa shape index (κ2) is 9.69. The van der Waals surface area contributed by atoms with Crippen molar-refractivity contribution in [2.45, 2.75) is 44.9 Å². The number of aromatic hydroxyl groups is 1. The van der Waals surface area contributed by atoms with E-state index in [0.717, 1.165) is 11.1 Å². The van der Waals surface area contributed by atoms with E-state index in [1.54, 1.807) is 61.5 Å². The van der Waals surface area contributed by atoms with E-state index in [1.807, 2.05) is 27.7 Å². The van der Waals surface area contributed by atoms with Crippen LogP contribution in [0.5, 0.6) is 5.75 Å². The molecule has 3 aromatic rings. The Labute approximate surface area is 200 Å². The second-order valence-electron chi connectivity index (χ2n) is 9.06. The summed E-state index contributed by atoms with van der Waals surface area (Å²) in [5.74, 6) is -0.813. The van der Waals surface area contributed by atoms with Crippen molar-refractivity contribution in [2.75, 3.05) is 0 Å². The number of nitrogens with zero attached hydrogens (tertiary/aromatic N) is 1. The van der Waals surface area contributed by atoms with Crippen molar-refractivity contribution in [1.29, 1.82) is 0 Å². The summed E-state index contributed by atoms with van der Waals surface area (Å²) in [5.41, 5.74) is 7.86. The number of sulfonamides is 1. The minimum absolute atomic E-state index is 0.0331. The number of hydrogen-bond acceptors (Lipinski definition) is 4. The van der Waals surface area contributed by atoms with Crippen LogP contribution in [0.25, 0.3) is 0 Å². The van der Waals surface area contributed by atoms with Crippen LogP contribution in [0, 0.1) is 13.8 Å². The topological polar surface area (TPSA) is 108 Å². The van der Waals surface area contributed by atoms with E-state index < -0.39 is 15.9 Å². The largest absolute Gasteiger partial charge is 0.507 e. The number of nitrogens with one attached hydrogen (secondary N) is 2. The molecule has 0 atom stereocenters. The number of phenolic OH excluding ortho intramolecular Hbond substituents is 1. The third-order valence-electron chi connectivity index (χ3n) is 5.36. The summed E-state index contributed by atoms with van der Waals surface area (Å²) >= 11 is 0. The first-order valence-corrected chi connectivity index (χ1v) is 12.2. The SMILES string of the molecule is Cc1ccc(S(=O)(=O)N=C(NNC(=O)c2ccc(C(C)(C)C)c(C)c2O)c2ccccc2)cc1. The number of aryl methyl sites for hydroxylation is 1. The molecule has 0 saturated carbocycles. The summed E-state index contributed by atoms with van der Waals surface area (Å²) < 4.78 is 29.7. The maximum absolute atomic E-state index is 12.9. The average Bonchev–Trinajstić information content (AvgIpc) is 2.78. The van der Waals surface area contributed by atoms with E-state index in [-0.39, 0.29) is 27.5 Å². The van der Waals surface area contributed by atoms with Gasteiger partial charge < -0.3 is 5.11 Å². The number of phenols is 1. The first kappa shape index (κ1) is 25.0. The third-order valence-corrected chi connectivity index (χ3v) is 6.65. The van der Waals surface area contributed by atoms with Crippen LogP contribution in [0.1, 0.15) is 53.4 Å². The molecule has 0 aliphatic carbocycles. The quantitative estimate of drug-likeness (QED) is 0.292. The van der Waals surface area contributed by atoms with Crippen LogP contribution in [0.15, 0.2) is 76.0 Å². The Hall–Kier alpha value is -3.65. The maximum Gasteiger partial charge on any atom is 0.284 e. The van der Waals surface area contributed by atoms with Gasteiger partial charge in [0.15, 0.2) is 5.84 Å². The summed E-state index contributed by atoms with van der Waals surface area (Å²) in [7, 11) is -4.05. The monoisotopic (exact) mass is 479 g/mol. The Bertz CT molecular complexity index is 1320. The van der Waals surface area contributed by atoms with Gasteiger partial charge in [0.2, 0.25) is 0 Å². The molecule has 178 valence electrons. The highest BCUT2D eigenvalue weighted by molar-refractivity contribution is 7.90. The highest BCUT2D eigenvalue weighted by Gasteiger charge is 2.22. The smallest absolute Gasteiger partial charge is 0.284 e. The minimum Gasteiger partial charge on any atom is -0.507 e. The van der Waals surface area contributed by atoms with Gasteiger partial charge in [0.25, 0.3) is 15.9 Å². The summed E-state index contributed by atoms with van der Waals surface area (Å²) in [4.78, 5) is 12.9. The molecule has 0 aliphatic heterocycles. The lowest BCUT2D eigenvalue weighted by molar-refractivity contribution is 0.0941. The fourth-order valence-corrected chi connectivity index (χ4v) is 4.48. The molecule has 3 aromatic carbocycles. The zero-order valence-corrected chi connectivity index (χ0v) is 20.7. The van der Waals surface area contributed by atoms with Crippen molar-refractivity contribution in [2.24, 2.45) is 4.40 Å². The normalized spacial score (nSPS) is 12.3. The molecule has 0 radical (unpaired) electrons. The first-order valence-electron chi connectivity index (χ1n) is 10.8. The van der Waals surface area contributed by atoms with Crippen LogP contribution in [-0.2, 0) is 15.4 Å². The van der Waals surface area contributed by atoms with Gasteiger partial charge in [0.1, 0.15) is 5.75 Å². The van der Waals surface area contributed by atoms with E-state index in [1.165, 1.54) is 12.1 Å². The van der Waals surface area contributed by atoms with Crippen molar-refractivity contribution >= 4 is 21.8 Å². The molecule has 0 fully saturated rings. The molecule has 0 bridgehead atoms. The Morgan fingerprint density at radius 2 is 1.50 bits per heavy atom. The molecule has 8 heteroatoms. The van der Waals surface area contributed by atoms with Gasteiger partial charge in [-0.3, -0.25) is 15.6 Å². The second-order valence-corrected chi connectivity index (χ2v) is 10.7. The van der Waals surface area contributed by atoms with Crippen molar-refractivity contribution in [3.05, 3.63) is 94.5 Å². The molecule has 7 nitrogen and oxygen atoms in total. The predicted octanol–water partition coefficient (Wildman–Crippen LogP) is 4.38. The van der Waals surface area contributed by atoms with Crippen LogP contribution < -0.4 is 10.9 Å². The van der Waals surface area contributed by atoms with Gasteiger partial charge in [-0.15, -0.1) is 4.40 Å². The Kier molecular flexibility index (Phi) is 7.12. The summed E-state index contributed by atoms with van der Waals surface area (Å²) in [5, 5.41) is 10.6. The molecule has 0 saturated heterocycles. The lowest BCUT2D eigenvalue weighted by Gasteiger charge is -2.23. The van der Waals surface area contributed by atoms with Crippen LogP contribution >= 0.6 is 0 Å². The van der Waals surface area contributed by atoms with Gasteiger partial charge in [-0.25, -0.2) is 0 Å². The van der Waals surface area contributed by atoms with Gasteiger partial charge in [0.05, 0.1) is 10.5 Å². The number of benzene rings is 3. The summed E-state index contributed by atoms with van der Waals surface area (Å²) in [6.07, 6.45) is 0. The number of hydrogen-bond donors (Lipinski definition) is 3. The van der Waals surface area contributed by atoms with E-state index in [9.17, 15) is 18.3 Å². The Morgan fingerprint density at radius 3 is 2.09 bits per heavy atom. The van der Waals surface area contributed by atoms with Gasteiger partial charge >= 0.3 is 0 Å². The van der Waals surface area contributed by atoms with Crippen LogP contribution in [0.4, 0.5) is 0 Å². The number of carbonyl (C=O) groups is 1. The summed E-state index contributed by atoms with van der Waals surface area (Å²) in [6.45, 7) is 9.68. The van der Waals surface area contributed by atoms with Crippen LogP contribution in [0.3, 0.4) is 0 Å². The van der Waals surface area contributed by atoms with Crippen molar-refractivity contribution in [1.82, 2.24) is 10.9 Å². The maximum atomic E-state index is 12.9. The highest BCUT2D eigenvalue weighted by Crippen LogP contribution is 2.33. The minimum atomic E-state index is -4.05. The molecular weight excluding hydrogens is 450 g/mol. The van der Waals surface area contributed by atoms with E-state index in [2.05, 4.69) is 15.2 Å². The zero-order valence-electron chi connectivity index (χ0n) is 19.9. The number of carbonyl (C=O) groups excluding carboxylic acids is 1. The molecule has 0 aromatic heterocycles. The van der Waals surface area contributed by atoms with Crippen LogP contribution in [0.2, 0.25) is 0 Å². The molecule has 34 heavy (non-hydrogen) atoms. The molecular formula is C26H29N3O4S. The lowest BCUT2D eigenvalue weighted by Crippen LogP contribution is -2.42. The molecule has 3 rings (SSSR count). The van der Waals surface area contributed by atoms with E-state index >= 15 is 0 Å². The Morgan fingerprint density at radius 1 is 0.882 bits per heavy atom. The molecule has 1 amide bonds. The molecule has 0 aliphatic rings. The fraction of sp³-hybridized carbons (Fsp3) is 0.231. The van der Waals surface area contributed by atoms with Gasteiger partial charge in [-0.05, 0) is 48.6 Å². The molecule has 0 spiro atoms. The standard InChI is InChI=1S/C26H29N3O4S/c1-17-11-13-20(14-12-17)34(32,33)29-24(19-9-7-6-8-10-19)27-28-25(31)21-15-16-22(26(3,4)5)18(2)23(21)30/h6-16,30H,1-5H3,(H,27,29)(H,28,31). The fourth-order valence-electron chi connectivity index (χ4n) is 3.51. The highest BCUT2D eigenvalue weighted by atomic mass is 32.2. The van der Waals surface area contributed by atoms with Crippen molar-refractivity contribution < 1.29 is 18.3 Å². The van der Waals surface area contributed by atoms with Crippen molar-refractivity contribution in [3.63, 3.8) is 0 Å². The molecule has 0 unspecified atom stereocenters. The average molecular weight is 480 g/mol. The number of amidine groups is 1. The number of amides is 1. The molecule has 3 N–H and O–H groups in total. The zero-order chi connectivity index (χ0) is 25.1. The van der Waals surface area contributed by atoms with Crippen molar-refractivity contribution in [3.8, 4) is 5.75 Å². The van der Waals surface area contributed by atoms with Gasteiger partial charge in [-0.1, -0.05) is 74.9 Å². The lowest BCUT2D eigenvalue weighted by atomic mass is 9.83. The molecule has 0 heterocycles. The van der Waals surface area contributed by atoms with Crippen LogP contribution in [-0.4, -0.2) is 25.3 Å². The predicted molar refractivity (Wildman–Crippen MR) is 133 cm³/mol. The number of rotatable bonds is 4.